The fraction of sp³-hybridized carbons (Fsp3) is 0.531. The second kappa shape index (κ2) is 36.1. The number of piperidine rings is 2. The lowest BCUT2D eigenvalue weighted by molar-refractivity contribution is -0.155. The molecular weight excluding hydrogens is 1430 g/mol. The summed E-state index contributed by atoms with van der Waals surface area (Å²) in [6.07, 6.45) is -1.66. The van der Waals surface area contributed by atoms with Gasteiger partial charge in [0, 0.05) is 69.5 Å². The third kappa shape index (κ3) is 20.8. The van der Waals surface area contributed by atoms with Crippen molar-refractivity contribution in [2.75, 3.05) is 92.1 Å². The van der Waals surface area contributed by atoms with Crippen LogP contribution in [0.3, 0.4) is 0 Å². The minimum atomic E-state index is -3.87. The third-order valence-electron chi connectivity index (χ3n) is 17.6. The van der Waals surface area contributed by atoms with E-state index >= 15 is 0 Å². The number of aliphatic hydroxyl groups is 4. The fourth-order valence-electron chi connectivity index (χ4n) is 12.5. The van der Waals surface area contributed by atoms with Crippen LogP contribution >= 0.6 is 46.4 Å². The van der Waals surface area contributed by atoms with Crippen molar-refractivity contribution in [3.63, 3.8) is 0 Å². The Hall–Kier alpha value is -5.80. The Kier molecular flexibility index (Phi) is 27.7. The Bertz CT molecular complexity index is 3680. The van der Waals surface area contributed by atoms with Gasteiger partial charge in [-0.2, -0.15) is 0 Å². The van der Waals surface area contributed by atoms with E-state index in [2.05, 4.69) is 50.5 Å². The van der Waals surface area contributed by atoms with Crippen molar-refractivity contribution in [2.24, 2.45) is 11.5 Å². The van der Waals surface area contributed by atoms with Gasteiger partial charge in [0.1, 0.15) is 47.3 Å². The highest BCUT2D eigenvalue weighted by atomic mass is 35.5. The number of nitrogens with zero attached hydrogens (tertiary/aromatic N) is 8. The number of benzene rings is 4. The number of nitrogens with two attached hydrogens (primary N) is 2. The monoisotopic (exact) mass is 1510 g/mol. The second-order valence-electron chi connectivity index (χ2n) is 24.8. The summed E-state index contributed by atoms with van der Waals surface area (Å²) in [6, 6.07) is 19.7. The van der Waals surface area contributed by atoms with Gasteiger partial charge in [-0.25, -0.2) is 35.6 Å². The molecule has 10 atom stereocenters. The number of aliphatic hydroxyl groups excluding tert-OH is 4. The highest BCUT2D eigenvalue weighted by Gasteiger charge is 2.43. The molecule has 2 aliphatic carbocycles. The molecule has 12 N–H and O–H groups in total. The van der Waals surface area contributed by atoms with Crippen LogP contribution in [-0.2, 0) is 87.6 Å². The van der Waals surface area contributed by atoms with Crippen molar-refractivity contribution in [3.8, 4) is 11.5 Å². The topological polar surface area (TPSA) is 407 Å². The molecule has 10 rings (SSSR count). The summed E-state index contributed by atoms with van der Waals surface area (Å²) in [4.78, 5) is 30.2. The van der Waals surface area contributed by atoms with E-state index in [4.69, 9.17) is 86.3 Å². The van der Waals surface area contributed by atoms with Crippen molar-refractivity contribution in [3.05, 3.63) is 139 Å². The largest absolute Gasteiger partial charge is 0.484 e. The first-order chi connectivity index (χ1) is 48.0. The molecule has 2 fully saturated rings. The van der Waals surface area contributed by atoms with Crippen molar-refractivity contribution in [1.29, 1.82) is 0 Å². The average Bonchev–Trinajstić information content (AvgIpc) is 1.61. The van der Waals surface area contributed by atoms with Crippen molar-refractivity contribution in [1.82, 2.24) is 59.9 Å². The molecule has 2 aliphatic heterocycles. The zero-order valence-electron chi connectivity index (χ0n) is 54.6. The fourth-order valence-corrected chi connectivity index (χ4v) is 15.7. The highest BCUT2D eigenvalue weighted by molar-refractivity contribution is 7.89. The molecule has 0 bridgehead atoms. The molecule has 2 saturated heterocycles. The van der Waals surface area contributed by atoms with E-state index in [1.54, 1.807) is 36.4 Å². The number of hydrogen-bond acceptors (Lipinski definition) is 24. The van der Waals surface area contributed by atoms with E-state index in [1.165, 1.54) is 46.0 Å². The number of hydrogen-bond donors (Lipinski definition) is 10. The Morgan fingerprint density at radius 1 is 0.550 bits per heavy atom. The van der Waals surface area contributed by atoms with Crippen LogP contribution < -0.4 is 41.0 Å². The summed E-state index contributed by atoms with van der Waals surface area (Å²) >= 11 is 26.1. The lowest BCUT2D eigenvalue weighted by Gasteiger charge is -2.38. The van der Waals surface area contributed by atoms with Gasteiger partial charge >= 0.3 is 0 Å². The van der Waals surface area contributed by atoms with Crippen LogP contribution in [0, 0.1) is 0 Å². The highest BCUT2D eigenvalue weighted by Crippen LogP contribution is 2.45. The minimum absolute atomic E-state index is 0.00641. The van der Waals surface area contributed by atoms with Crippen LogP contribution in [0.2, 0.25) is 20.1 Å². The number of likely N-dealkylation sites (tertiary alicyclic amines) is 2. The van der Waals surface area contributed by atoms with Crippen molar-refractivity contribution in [2.45, 2.75) is 135 Å². The number of sulfonamides is 2. The predicted octanol–water partition coefficient (Wildman–Crippen LogP) is 1.82. The van der Waals surface area contributed by atoms with Crippen LogP contribution in [0.4, 0.5) is 0 Å². The Balaban J connectivity index is 0.538. The molecule has 100 heavy (non-hydrogen) atoms. The molecule has 36 heteroatoms. The van der Waals surface area contributed by atoms with Crippen LogP contribution in [0.15, 0.2) is 95.0 Å². The molecule has 6 aromatic rings. The lowest BCUT2D eigenvalue weighted by atomic mass is 10.0. The molecule has 4 aromatic carbocycles. The van der Waals surface area contributed by atoms with Gasteiger partial charge in [0.05, 0.1) is 113 Å². The maximum atomic E-state index is 13.1. The first-order valence-electron chi connectivity index (χ1n) is 32.8. The number of fused-ring (bicyclic) bond motifs is 2. The smallest absolute Gasteiger partial charge is 0.251 e. The summed E-state index contributed by atoms with van der Waals surface area (Å²) in [5.41, 5.74) is 17.0. The molecule has 2 aromatic heterocycles. The van der Waals surface area contributed by atoms with E-state index in [9.17, 15) is 46.9 Å². The molecule has 2 amide bonds. The summed E-state index contributed by atoms with van der Waals surface area (Å²) in [6.45, 7) is 4.51. The van der Waals surface area contributed by atoms with Crippen LogP contribution in [0.25, 0.3) is 0 Å². The number of nitrogens with one attached hydrogen (secondary N) is 4. The molecule has 4 aliphatic rings. The minimum Gasteiger partial charge on any atom is -0.484 e. The molecular formula is C64H84Cl4N14O16S2. The molecule has 0 unspecified atom stereocenters. The molecule has 546 valence electrons. The standard InChI is InChI=1S/C64H84Cl4N14O16S2/c65-39-27-51-49(53(67)29-39)31-55(79-15-1-3-41(69)35-79)61(51)97-45-5-9-47(10-6-45)99(89,90)73-13-19-93-23-25-95-21-17-81-37-43(75-77-81)33-71-63(87)59(85)57(83)58(84)60(86)64(88)72-34-44-38-82(78-76-44)18-22-96-26-24-94-20-14-74-100(91,92)48-11-7-46(8-12-48)98-62-52-28-40(66)30-54(68)50(52)32-56(62)80-16-2-4-42(70)36-80/h5-12,27-30,37-38,41-42,55-62,73-74,83-86H,1-4,13-26,31-36,69-70H2,(H,71,87)(H,72,88)/t41-,42-,55+,56+,57-,58+,59+,60-,61+,62+/m1/s1. The van der Waals surface area contributed by atoms with E-state index in [0.717, 1.165) is 74.1 Å². The van der Waals surface area contributed by atoms with Gasteiger partial charge in [-0.15, -0.1) is 10.2 Å². The number of amides is 2. The third-order valence-corrected chi connectivity index (χ3v) is 21.6. The maximum absolute atomic E-state index is 13.1. The zero-order chi connectivity index (χ0) is 71.1. The summed E-state index contributed by atoms with van der Waals surface area (Å²) in [5, 5.41) is 64.7. The molecule has 0 spiro atoms. The van der Waals surface area contributed by atoms with Gasteiger partial charge in [-0.3, -0.25) is 19.4 Å². The predicted molar refractivity (Wildman–Crippen MR) is 367 cm³/mol. The van der Waals surface area contributed by atoms with Gasteiger partial charge in [0.2, 0.25) is 20.0 Å². The summed E-state index contributed by atoms with van der Waals surface area (Å²) in [5.74, 6) is -1.30. The second-order valence-corrected chi connectivity index (χ2v) is 30.0. The number of rotatable bonds is 37. The molecule has 30 nitrogen and oxygen atoms in total. The van der Waals surface area contributed by atoms with E-state index < -0.39 is 56.3 Å². The van der Waals surface area contributed by atoms with Crippen LogP contribution in [0.5, 0.6) is 11.5 Å². The molecule has 0 saturated carbocycles. The number of carbonyl (C=O) groups excluding carboxylic acids is 2. The average molecular weight is 1510 g/mol. The number of ether oxygens (including phenoxy) is 6. The summed E-state index contributed by atoms with van der Waals surface area (Å²) in [7, 11) is -7.74. The van der Waals surface area contributed by atoms with Gasteiger partial charge < -0.3 is 70.9 Å². The van der Waals surface area contributed by atoms with E-state index in [0.29, 0.717) is 44.4 Å². The van der Waals surface area contributed by atoms with Crippen molar-refractivity contribution < 1.29 is 75.3 Å². The van der Waals surface area contributed by atoms with E-state index in [-0.39, 0.29) is 150 Å². The van der Waals surface area contributed by atoms with Crippen LogP contribution in [-0.4, -0.2) is 230 Å². The Morgan fingerprint density at radius 2 is 0.930 bits per heavy atom. The summed E-state index contributed by atoms with van der Waals surface area (Å²) < 4.78 is 95.8. The van der Waals surface area contributed by atoms with Gasteiger partial charge in [0.25, 0.3) is 11.8 Å². The number of halogens is 4. The molecule has 4 heterocycles. The Labute approximate surface area is 599 Å². The quantitative estimate of drug-likeness (QED) is 0.0249. The first-order valence-corrected chi connectivity index (χ1v) is 37.3. The Morgan fingerprint density at radius 3 is 1.31 bits per heavy atom. The van der Waals surface area contributed by atoms with Gasteiger partial charge in [0.15, 0.2) is 12.2 Å². The normalized spacial score (nSPS) is 20.9. The molecule has 0 radical (unpaired) electrons. The lowest BCUT2D eigenvalue weighted by Crippen LogP contribution is -2.54. The van der Waals surface area contributed by atoms with Crippen LogP contribution in [0.1, 0.15) is 71.5 Å². The van der Waals surface area contributed by atoms with Gasteiger partial charge in [-0.1, -0.05) is 56.8 Å². The van der Waals surface area contributed by atoms with E-state index in [1.807, 2.05) is 12.1 Å². The SMILES string of the molecule is N[C@@H]1CCCN([C@H]2Cc3c(Cl)cc(Cl)cc3[C@@H]2Oc2ccc(S(=O)(=O)NCCOCCOCCn3cc(CNC(=O)[C@@H](O)[C@H](O)[C@H](O)[C@@H](O)C(=O)NCc4cn(CCOCCOCCNS(=O)(=O)c5ccc(O[C@H]6c7cc(Cl)cc(Cl)c7C[C@@H]6N6CCC[C@@H](N)C6)cc5)nn4)nn3)cc2)C1. The number of carbonyl (C=O) groups is 2. The number of aromatic nitrogens is 6. The maximum Gasteiger partial charge on any atom is 0.251 e. The first kappa shape index (κ1) is 76.8. The van der Waals surface area contributed by atoms with Crippen molar-refractivity contribution >= 4 is 78.3 Å². The van der Waals surface area contributed by atoms with Gasteiger partial charge in [-0.05, 0) is 136 Å². The zero-order valence-corrected chi connectivity index (χ0v) is 59.2.